The summed E-state index contributed by atoms with van der Waals surface area (Å²) in [6.45, 7) is 19.9. The summed E-state index contributed by atoms with van der Waals surface area (Å²) in [7, 11) is 0.248. The molecule has 240 valence electrons. The third-order valence-corrected chi connectivity index (χ3v) is 14.6. The smallest absolute Gasteiger partial charge is 0.126 e. The van der Waals surface area contributed by atoms with Crippen molar-refractivity contribution in [3.63, 3.8) is 0 Å². The number of rotatable bonds is 8. The van der Waals surface area contributed by atoms with Crippen molar-refractivity contribution >= 4 is 24.2 Å². The SMILES string of the molecule is COc1c(C(C)(C)C)cc([C@@H](NS(=O)C(C)(C)C)c2ccccc2P(C2CCCCC2)C2CCCCC2)cc1C(C)(C)C. The number of nitrogens with one attached hydrogen (secondary N) is 1. The lowest BCUT2D eigenvalue weighted by Gasteiger charge is -2.40. The quantitative estimate of drug-likeness (QED) is 0.297. The summed E-state index contributed by atoms with van der Waals surface area (Å²) in [5.74, 6) is 0.986. The van der Waals surface area contributed by atoms with Crippen molar-refractivity contribution in [1.82, 2.24) is 4.72 Å². The summed E-state index contributed by atoms with van der Waals surface area (Å²) >= 11 is 0. The van der Waals surface area contributed by atoms with Gasteiger partial charge in [0.25, 0.3) is 0 Å². The Morgan fingerprint density at radius 3 is 1.65 bits per heavy atom. The van der Waals surface area contributed by atoms with E-state index in [-0.39, 0.29) is 29.5 Å². The van der Waals surface area contributed by atoms with Crippen LogP contribution in [0.2, 0.25) is 0 Å². The molecule has 0 spiro atoms. The van der Waals surface area contributed by atoms with Crippen LogP contribution >= 0.6 is 7.92 Å². The number of methoxy groups -OCH3 is 1. The predicted octanol–water partition coefficient (Wildman–Crippen LogP) is 10.2. The van der Waals surface area contributed by atoms with Crippen molar-refractivity contribution in [2.75, 3.05) is 7.11 Å². The highest BCUT2D eigenvalue weighted by atomic mass is 32.2. The van der Waals surface area contributed by atoms with Crippen LogP contribution in [0, 0.1) is 0 Å². The molecule has 0 radical (unpaired) electrons. The second-order valence-electron chi connectivity index (χ2n) is 16.1. The van der Waals surface area contributed by atoms with E-state index in [0.717, 1.165) is 17.1 Å². The van der Waals surface area contributed by atoms with Crippen LogP contribution in [-0.2, 0) is 21.8 Å². The summed E-state index contributed by atoms with van der Waals surface area (Å²) in [6.07, 6.45) is 13.7. The van der Waals surface area contributed by atoms with Gasteiger partial charge in [0, 0.05) is 11.1 Å². The van der Waals surface area contributed by atoms with E-state index in [1.165, 1.54) is 86.5 Å². The standard InChI is InChI=1S/C38H60NO2PS/c1-36(2,3)31-25-27(26-32(35(31)41-10)37(4,5)6)34(39-43(40)38(7,8)9)30-23-17-18-24-33(30)42(28-19-13-11-14-20-28)29-21-15-12-16-22-29/h17-18,23-26,28-29,34,39H,11-16,19-22H2,1-10H3/t34-,43?/m1/s1. The number of ether oxygens (including phenoxy) is 1. The normalized spacial score (nSPS) is 19.4. The Labute approximate surface area is 268 Å². The molecule has 3 nitrogen and oxygen atoms in total. The van der Waals surface area contributed by atoms with E-state index in [4.69, 9.17) is 4.74 Å². The van der Waals surface area contributed by atoms with Crippen LogP contribution in [0.25, 0.3) is 0 Å². The maximum absolute atomic E-state index is 14.0. The molecule has 2 fully saturated rings. The van der Waals surface area contributed by atoms with Gasteiger partial charge in [0.2, 0.25) is 0 Å². The van der Waals surface area contributed by atoms with Crippen molar-refractivity contribution in [3.05, 3.63) is 58.7 Å². The van der Waals surface area contributed by atoms with E-state index < -0.39 is 11.0 Å². The summed E-state index contributed by atoms with van der Waals surface area (Å²) in [5, 5.41) is 1.56. The molecule has 2 aliphatic rings. The fraction of sp³-hybridized carbons (Fsp3) is 0.684. The Morgan fingerprint density at radius 2 is 1.23 bits per heavy atom. The van der Waals surface area contributed by atoms with Gasteiger partial charge < -0.3 is 4.74 Å². The second-order valence-corrected chi connectivity index (χ2v) is 20.9. The van der Waals surface area contributed by atoms with Crippen molar-refractivity contribution in [3.8, 4) is 5.75 Å². The van der Waals surface area contributed by atoms with Crippen molar-refractivity contribution < 1.29 is 8.95 Å². The Bertz CT molecular complexity index is 1190. The molecule has 0 bridgehead atoms. The molecule has 0 aliphatic heterocycles. The summed E-state index contributed by atoms with van der Waals surface area (Å²) < 4.78 is 23.5. The lowest BCUT2D eigenvalue weighted by atomic mass is 9.77. The molecule has 0 amide bonds. The maximum Gasteiger partial charge on any atom is 0.126 e. The van der Waals surface area contributed by atoms with Gasteiger partial charge in [-0.1, -0.05) is 112 Å². The summed E-state index contributed by atoms with van der Waals surface area (Å²) in [4.78, 5) is 0. The molecule has 0 aromatic heterocycles. The van der Waals surface area contributed by atoms with Gasteiger partial charge in [-0.2, -0.15) is 0 Å². The molecule has 2 aromatic carbocycles. The molecule has 1 unspecified atom stereocenters. The third kappa shape index (κ3) is 8.33. The summed E-state index contributed by atoms with van der Waals surface area (Å²) in [6, 6.07) is 13.8. The van der Waals surface area contributed by atoms with E-state index >= 15 is 0 Å². The van der Waals surface area contributed by atoms with Crippen molar-refractivity contribution in [2.45, 2.75) is 159 Å². The number of benzene rings is 2. The van der Waals surface area contributed by atoms with E-state index in [2.05, 4.69) is 103 Å². The Hall–Kier alpha value is -1.22. The van der Waals surface area contributed by atoms with E-state index in [0.29, 0.717) is 0 Å². The highest BCUT2D eigenvalue weighted by Crippen LogP contribution is 2.56. The van der Waals surface area contributed by atoms with Crippen LogP contribution in [-0.4, -0.2) is 27.4 Å². The van der Waals surface area contributed by atoms with Gasteiger partial charge in [-0.25, -0.2) is 8.93 Å². The molecule has 5 heteroatoms. The highest BCUT2D eigenvalue weighted by Gasteiger charge is 2.37. The summed E-state index contributed by atoms with van der Waals surface area (Å²) in [5.41, 5.74) is 6.35. The Kier molecular flexibility index (Phi) is 11.3. The van der Waals surface area contributed by atoms with Gasteiger partial charge in [-0.15, -0.1) is 0 Å². The fourth-order valence-electron chi connectivity index (χ4n) is 7.12. The Morgan fingerprint density at radius 1 is 0.767 bits per heavy atom. The molecule has 2 aliphatic carbocycles. The van der Waals surface area contributed by atoms with Gasteiger partial charge in [0.15, 0.2) is 0 Å². The lowest BCUT2D eigenvalue weighted by molar-refractivity contribution is 0.381. The zero-order valence-corrected chi connectivity index (χ0v) is 30.7. The zero-order valence-electron chi connectivity index (χ0n) is 28.9. The van der Waals surface area contributed by atoms with E-state index in [9.17, 15) is 4.21 Å². The molecule has 4 rings (SSSR count). The van der Waals surface area contributed by atoms with Gasteiger partial charge >= 0.3 is 0 Å². The van der Waals surface area contributed by atoms with Crippen LogP contribution in [0.5, 0.6) is 5.75 Å². The molecule has 2 aromatic rings. The average Bonchev–Trinajstić information content (AvgIpc) is 2.95. The first kappa shape index (κ1) is 34.6. The number of hydrogen-bond donors (Lipinski definition) is 1. The first-order valence-corrected chi connectivity index (χ1v) is 19.5. The van der Waals surface area contributed by atoms with Gasteiger partial charge in [0.05, 0.1) is 28.9 Å². The van der Waals surface area contributed by atoms with Crippen LogP contribution in [0.15, 0.2) is 36.4 Å². The molecule has 43 heavy (non-hydrogen) atoms. The predicted molar refractivity (Wildman–Crippen MR) is 190 cm³/mol. The van der Waals surface area contributed by atoms with E-state index in [1.807, 2.05) is 0 Å². The van der Waals surface area contributed by atoms with Crippen LogP contribution in [0.1, 0.15) is 155 Å². The molecule has 0 saturated heterocycles. The fourth-order valence-corrected chi connectivity index (χ4v) is 11.9. The van der Waals surface area contributed by atoms with Crippen LogP contribution in [0.3, 0.4) is 0 Å². The van der Waals surface area contributed by atoms with Crippen LogP contribution < -0.4 is 14.8 Å². The van der Waals surface area contributed by atoms with Crippen molar-refractivity contribution in [2.24, 2.45) is 0 Å². The van der Waals surface area contributed by atoms with E-state index in [1.54, 1.807) is 12.4 Å². The first-order chi connectivity index (χ1) is 20.1. The van der Waals surface area contributed by atoms with Crippen molar-refractivity contribution in [1.29, 1.82) is 0 Å². The maximum atomic E-state index is 14.0. The minimum atomic E-state index is -1.24. The van der Waals surface area contributed by atoms with Crippen LogP contribution in [0.4, 0.5) is 0 Å². The second kappa shape index (κ2) is 14.0. The Balaban J connectivity index is 1.97. The van der Waals surface area contributed by atoms with Gasteiger partial charge in [-0.05, 0) is 97.2 Å². The molecule has 0 heterocycles. The minimum Gasteiger partial charge on any atom is -0.496 e. The monoisotopic (exact) mass is 625 g/mol. The van der Waals surface area contributed by atoms with Gasteiger partial charge in [0.1, 0.15) is 5.75 Å². The average molecular weight is 626 g/mol. The topological polar surface area (TPSA) is 38.3 Å². The number of hydrogen-bond acceptors (Lipinski definition) is 2. The molecular weight excluding hydrogens is 565 g/mol. The molecule has 2 saturated carbocycles. The lowest BCUT2D eigenvalue weighted by Crippen LogP contribution is -2.38. The molecule has 2 atom stereocenters. The highest BCUT2D eigenvalue weighted by molar-refractivity contribution is 7.84. The molecular formula is C38H60NO2PS. The zero-order chi connectivity index (χ0) is 31.6. The molecule has 1 N–H and O–H groups in total. The minimum absolute atomic E-state index is 0.106. The third-order valence-electron chi connectivity index (χ3n) is 9.51. The largest absolute Gasteiger partial charge is 0.496 e. The first-order valence-electron chi connectivity index (χ1n) is 16.9. The van der Waals surface area contributed by atoms with Gasteiger partial charge in [-0.3, -0.25) is 0 Å².